The maximum Gasteiger partial charge on any atom is 0.0678 e. The van der Waals surface area contributed by atoms with Crippen molar-refractivity contribution in [3.05, 3.63) is 59.7 Å². The van der Waals surface area contributed by atoms with Gasteiger partial charge in [-0.1, -0.05) is 48.5 Å². The molecule has 0 bridgehead atoms. The Bertz CT molecular complexity index is 628. The normalized spacial score (nSPS) is 22.2. The van der Waals surface area contributed by atoms with Gasteiger partial charge in [0.1, 0.15) is 0 Å². The van der Waals surface area contributed by atoms with Gasteiger partial charge >= 0.3 is 0 Å². The lowest BCUT2D eigenvalue weighted by Crippen LogP contribution is -2.44. The summed E-state index contributed by atoms with van der Waals surface area (Å²) in [6.45, 7) is 7.85. The van der Waals surface area contributed by atoms with E-state index in [9.17, 15) is 0 Å². The highest BCUT2D eigenvalue weighted by Crippen LogP contribution is 2.24. The van der Waals surface area contributed by atoms with Crippen LogP contribution in [0.25, 0.3) is 11.1 Å². The van der Waals surface area contributed by atoms with Gasteiger partial charge in [-0.15, -0.1) is 0 Å². The monoisotopic (exact) mass is 310 g/mol. The average Bonchev–Trinajstić information content (AvgIpc) is 2.54. The fourth-order valence-corrected chi connectivity index (χ4v) is 3.44. The average molecular weight is 310 g/mol. The number of nitrogens with two attached hydrogens (primary N) is 1. The summed E-state index contributed by atoms with van der Waals surface area (Å²) in [5, 5.41) is 0. The Morgan fingerprint density at radius 2 is 1.65 bits per heavy atom. The molecule has 2 aromatic carbocycles. The molecule has 0 amide bonds. The molecule has 3 heteroatoms. The summed E-state index contributed by atoms with van der Waals surface area (Å²) >= 11 is 0. The minimum Gasteiger partial charge on any atom is -0.373 e. The molecule has 2 unspecified atom stereocenters. The van der Waals surface area contributed by atoms with Crippen molar-refractivity contribution >= 4 is 0 Å². The molecule has 3 rings (SSSR count). The van der Waals surface area contributed by atoms with Gasteiger partial charge in [-0.2, -0.15) is 0 Å². The first-order valence-electron chi connectivity index (χ1n) is 8.41. The Balaban J connectivity index is 1.72. The van der Waals surface area contributed by atoms with E-state index in [-0.39, 0.29) is 0 Å². The van der Waals surface area contributed by atoms with Gasteiger partial charge in [0.05, 0.1) is 12.2 Å². The van der Waals surface area contributed by atoms with Crippen molar-refractivity contribution in [2.45, 2.75) is 39.1 Å². The van der Waals surface area contributed by atoms with E-state index in [1.807, 2.05) is 6.07 Å². The van der Waals surface area contributed by atoms with Crippen LogP contribution in [0.1, 0.15) is 25.0 Å². The van der Waals surface area contributed by atoms with Crippen LogP contribution in [0.15, 0.2) is 48.5 Å². The smallest absolute Gasteiger partial charge is 0.0678 e. The molecule has 1 aliphatic rings. The van der Waals surface area contributed by atoms with Crippen LogP contribution < -0.4 is 5.73 Å². The molecular formula is C20H26N2O. The van der Waals surface area contributed by atoms with E-state index in [1.54, 1.807) is 0 Å². The van der Waals surface area contributed by atoms with Crippen LogP contribution in [0, 0.1) is 0 Å². The number of benzene rings is 2. The summed E-state index contributed by atoms with van der Waals surface area (Å²) in [4.78, 5) is 2.47. The predicted octanol–water partition coefficient (Wildman–Crippen LogP) is 3.42. The zero-order valence-corrected chi connectivity index (χ0v) is 14.0. The molecule has 0 aromatic heterocycles. The molecule has 1 aliphatic heterocycles. The molecule has 3 nitrogen and oxygen atoms in total. The highest BCUT2D eigenvalue weighted by Gasteiger charge is 2.21. The maximum absolute atomic E-state index is 5.85. The first kappa shape index (κ1) is 16.2. The summed E-state index contributed by atoms with van der Waals surface area (Å²) in [7, 11) is 0. The molecule has 0 radical (unpaired) electrons. The SMILES string of the molecule is CC1CN(Cc2ccc(-c3ccccc3CN)cc2)CC(C)O1. The second-order valence-electron chi connectivity index (χ2n) is 6.51. The van der Waals surface area contributed by atoms with Gasteiger partial charge in [0.2, 0.25) is 0 Å². The third-order valence-corrected chi connectivity index (χ3v) is 4.40. The van der Waals surface area contributed by atoms with Crippen LogP contribution in [-0.4, -0.2) is 30.2 Å². The van der Waals surface area contributed by atoms with Crippen molar-refractivity contribution in [1.82, 2.24) is 4.90 Å². The van der Waals surface area contributed by atoms with Crippen LogP contribution in [-0.2, 0) is 17.8 Å². The van der Waals surface area contributed by atoms with Gasteiger partial charge < -0.3 is 10.5 Å². The van der Waals surface area contributed by atoms with Crippen molar-refractivity contribution in [1.29, 1.82) is 0 Å². The molecule has 23 heavy (non-hydrogen) atoms. The lowest BCUT2D eigenvalue weighted by molar-refractivity contribution is -0.0704. The largest absolute Gasteiger partial charge is 0.373 e. The minimum absolute atomic E-state index is 0.314. The molecular weight excluding hydrogens is 284 g/mol. The van der Waals surface area contributed by atoms with Crippen LogP contribution in [0.3, 0.4) is 0 Å². The Labute approximate surface area is 139 Å². The standard InChI is InChI=1S/C20H26N2O/c1-15-12-22(13-16(2)23-15)14-17-7-9-18(10-8-17)20-6-4-3-5-19(20)11-21/h3-10,15-16H,11-14,21H2,1-2H3. The van der Waals surface area contributed by atoms with Crippen molar-refractivity contribution < 1.29 is 4.74 Å². The fourth-order valence-electron chi connectivity index (χ4n) is 3.44. The number of hydrogen-bond acceptors (Lipinski definition) is 3. The Kier molecular flexibility index (Phi) is 5.11. The van der Waals surface area contributed by atoms with E-state index in [2.05, 4.69) is 61.2 Å². The molecule has 1 heterocycles. The second kappa shape index (κ2) is 7.26. The molecule has 1 saturated heterocycles. The van der Waals surface area contributed by atoms with Gasteiger partial charge in [0.15, 0.2) is 0 Å². The zero-order chi connectivity index (χ0) is 16.2. The number of ether oxygens (including phenoxy) is 1. The molecule has 2 N–H and O–H groups in total. The van der Waals surface area contributed by atoms with Crippen molar-refractivity contribution in [3.63, 3.8) is 0 Å². The Morgan fingerprint density at radius 3 is 2.30 bits per heavy atom. The lowest BCUT2D eigenvalue weighted by Gasteiger charge is -2.35. The molecule has 0 saturated carbocycles. The van der Waals surface area contributed by atoms with E-state index in [0.717, 1.165) is 19.6 Å². The van der Waals surface area contributed by atoms with E-state index >= 15 is 0 Å². The molecule has 2 atom stereocenters. The van der Waals surface area contributed by atoms with Crippen LogP contribution >= 0.6 is 0 Å². The first-order chi connectivity index (χ1) is 11.2. The summed E-state index contributed by atoms with van der Waals surface area (Å²) in [6, 6.07) is 17.2. The summed E-state index contributed by atoms with van der Waals surface area (Å²) < 4.78 is 5.80. The van der Waals surface area contributed by atoms with Crippen molar-refractivity contribution in [2.75, 3.05) is 13.1 Å². The number of morpholine rings is 1. The van der Waals surface area contributed by atoms with E-state index in [1.165, 1.54) is 22.3 Å². The van der Waals surface area contributed by atoms with Crippen LogP contribution in [0.5, 0.6) is 0 Å². The quantitative estimate of drug-likeness (QED) is 0.940. The minimum atomic E-state index is 0.314. The number of nitrogens with zero attached hydrogens (tertiary/aromatic N) is 1. The van der Waals surface area contributed by atoms with Crippen molar-refractivity contribution in [3.8, 4) is 11.1 Å². The molecule has 1 fully saturated rings. The first-order valence-corrected chi connectivity index (χ1v) is 8.41. The highest BCUT2D eigenvalue weighted by atomic mass is 16.5. The summed E-state index contributed by atoms with van der Waals surface area (Å²) in [5.74, 6) is 0. The number of hydrogen-bond donors (Lipinski definition) is 1. The topological polar surface area (TPSA) is 38.5 Å². The van der Waals surface area contributed by atoms with Crippen LogP contribution in [0.4, 0.5) is 0 Å². The third-order valence-electron chi connectivity index (χ3n) is 4.40. The summed E-state index contributed by atoms with van der Waals surface area (Å²) in [6.07, 6.45) is 0.629. The summed E-state index contributed by atoms with van der Waals surface area (Å²) in [5.41, 5.74) is 10.9. The molecule has 2 aromatic rings. The predicted molar refractivity (Wildman–Crippen MR) is 95.1 cm³/mol. The molecule has 0 spiro atoms. The van der Waals surface area contributed by atoms with E-state index in [0.29, 0.717) is 18.8 Å². The number of rotatable bonds is 4. The van der Waals surface area contributed by atoms with E-state index < -0.39 is 0 Å². The Morgan fingerprint density at radius 1 is 1.00 bits per heavy atom. The van der Waals surface area contributed by atoms with E-state index in [4.69, 9.17) is 10.5 Å². The molecule has 122 valence electrons. The van der Waals surface area contributed by atoms with Gasteiger partial charge in [-0.25, -0.2) is 0 Å². The lowest BCUT2D eigenvalue weighted by atomic mass is 9.98. The highest BCUT2D eigenvalue weighted by molar-refractivity contribution is 5.67. The van der Waals surface area contributed by atoms with Crippen molar-refractivity contribution in [2.24, 2.45) is 5.73 Å². The second-order valence-corrected chi connectivity index (χ2v) is 6.51. The zero-order valence-electron chi connectivity index (χ0n) is 14.0. The van der Waals surface area contributed by atoms with Gasteiger partial charge in [-0.05, 0) is 36.1 Å². The third kappa shape index (κ3) is 3.99. The molecule has 0 aliphatic carbocycles. The van der Waals surface area contributed by atoms with Gasteiger partial charge in [0, 0.05) is 26.2 Å². The van der Waals surface area contributed by atoms with Gasteiger partial charge in [0.25, 0.3) is 0 Å². The maximum atomic E-state index is 5.85. The Hall–Kier alpha value is -1.68. The fraction of sp³-hybridized carbons (Fsp3) is 0.400. The van der Waals surface area contributed by atoms with Gasteiger partial charge in [-0.3, -0.25) is 4.90 Å². The van der Waals surface area contributed by atoms with Crippen LogP contribution in [0.2, 0.25) is 0 Å².